The van der Waals surface area contributed by atoms with Crippen LogP contribution < -0.4 is 5.32 Å². The van der Waals surface area contributed by atoms with Gasteiger partial charge in [0.15, 0.2) is 5.13 Å². The number of fused-ring (bicyclic) bond motifs is 1. The fourth-order valence-corrected chi connectivity index (χ4v) is 3.34. The van der Waals surface area contributed by atoms with E-state index in [-0.39, 0.29) is 28.6 Å². The van der Waals surface area contributed by atoms with Gasteiger partial charge in [-0.15, -0.1) is 0 Å². The number of nitrogens with zero attached hydrogens (tertiary/aromatic N) is 2. The third kappa shape index (κ3) is 2.98. The number of anilines is 1. The number of hydrogen-bond donors (Lipinski definition) is 2. The maximum atomic E-state index is 12.9. The normalized spacial score (nSPS) is 16.0. The van der Waals surface area contributed by atoms with Crippen molar-refractivity contribution in [3.05, 3.63) is 46.0 Å². The number of halogens is 1. The van der Waals surface area contributed by atoms with E-state index in [0.717, 1.165) is 17.4 Å². The Morgan fingerprint density at radius 1 is 1.39 bits per heavy atom. The summed E-state index contributed by atoms with van der Waals surface area (Å²) in [5, 5.41) is 13.2. The number of Topliss-reactive ketones (excluding diaryl/α,β-unsaturated/α-hetero) is 1. The first kappa shape index (κ1) is 15.3. The minimum absolute atomic E-state index is 0.206. The Bertz CT molecular complexity index is 827. The van der Waals surface area contributed by atoms with Gasteiger partial charge in [-0.25, -0.2) is 9.97 Å². The molecule has 23 heavy (non-hydrogen) atoms. The first-order valence-corrected chi connectivity index (χ1v) is 7.63. The highest BCUT2D eigenvalue weighted by Crippen LogP contribution is 2.34. The Hall–Kier alpha value is -2.61. The number of allylic oxidation sites excluding steroid dienone is 1. The van der Waals surface area contributed by atoms with Crippen LogP contribution in [-0.4, -0.2) is 26.8 Å². The summed E-state index contributed by atoms with van der Waals surface area (Å²) in [7, 11) is 0. The molecule has 0 saturated heterocycles. The summed E-state index contributed by atoms with van der Waals surface area (Å²) < 4.78 is 12.9. The van der Waals surface area contributed by atoms with Gasteiger partial charge in [0.1, 0.15) is 10.6 Å². The molecule has 0 aliphatic heterocycles. The SMILES string of the molecule is CC(=O)Nc1nc2c(s1)C(=O)C(=C(O)c1ccc(F)nc1)CC2. The average Bonchev–Trinajstić information content (AvgIpc) is 2.90. The van der Waals surface area contributed by atoms with Crippen molar-refractivity contribution in [2.24, 2.45) is 0 Å². The number of hydrogen-bond acceptors (Lipinski definition) is 6. The van der Waals surface area contributed by atoms with Crippen molar-refractivity contribution in [2.75, 3.05) is 5.32 Å². The van der Waals surface area contributed by atoms with Crippen LogP contribution in [0.3, 0.4) is 0 Å². The molecular formula is C15H12FN3O3S. The van der Waals surface area contributed by atoms with Gasteiger partial charge < -0.3 is 10.4 Å². The van der Waals surface area contributed by atoms with Crippen LogP contribution in [0.5, 0.6) is 0 Å². The molecule has 0 spiro atoms. The van der Waals surface area contributed by atoms with Gasteiger partial charge in [-0.3, -0.25) is 9.59 Å². The van der Waals surface area contributed by atoms with E-state index in [1.807, 2.05) is 0 Å². The third-order valence-corrected chi connectivity index (χ3v) is 4.37. The van der Waals surface area contributed by atoms with Crippen molar-refractivity contribution in [3.63, 3.8) is 0 Å². The number of aliphatic hydroxyl groups is 1. The fraction of sp³-hybridized carbons (Fsp3) is 0.200. The van der Waals surface area contributed by atoms with E-state index in [4.69, 9.17) is 0 Å². The third-order valence-electron chi connectivity index (χ3n) is 3.36. The van der Waals surface area contributed by atoms with Gasteiger partial charge in [0.25, 0.3) is 0 Å². The Labute approximate surface area is 134 Å². The second-order valence-corrected chi connectivity index (χ2v) is 6.00. The van der Waals surface area contributed by atoms with Crippen LogP contribution in [0.4, 0.5) is 9.52 Å². The van der Waals surface area contributed by atoms with Gasteiger partial charge in [0.2, 0.25) is 17.6 Å². The number of carbonyl (C=O) groups is 2. The number of carbonyl (C=O) groups excluding carboxylic acids is 2. The topological polar surface area (TPSA) is 92.2 Å². The standard InChI is InChI=1S/C15H12FN3O3S/c1-7(20)18-15-19-10-4-3-9(13(22)14(10)23-15)12(21)8-2-5-11(16)17-6-8/h2,5-6,21H,3-4H2,1H3,(H,18,19,20). The van der Waals surface area contributed by atoms with Crippen molar-refractivity contribution < 1.29 is 19.1 Å². The molecule has 3 rings (SSSR count). The molecule has 1 amide bonds. The molecule has 2 N–H and O–H groups in total. The van der Waals surface area contributed by atoms with E-state index in [2.05, 4.69) is 15.3 Å². The molecule has 0 bridgehead atoms. The number of aryl methyl sites for hydroxylation is 1. The first-order chi connectivity index (χ1) is 11.0. The predicted molar refractivity (Wildman–Crippen MR) is 82.8 cm³/mol. The van der Waals surface area contributed by atoms with Crippen LogP contribution in [-0.2, 0) is 11.2 Å². The summed E-state index contributed by atoms with van der Waals surface area (Å²) in [6, 6.07) is 2.48. The molecule has 0 fully saturated rings. The summed E-state index contributed by atoms with van der Waals surface area (Å²) in [4.78, 5) is 31.7. The number of nitrogens with one attached hydrogen (secondary N) is 1. The molecule has 1 aliphatic carbocycles. The maximum Gasteiger partial charge on any atom is 0.223 e. The van der Waals surface area contributed by atoms with E-state index in [0.29, 0.717) is 28.5 Å². The van der Waals surface area contributed by atoms with Crippen molar-refractivity contribution in [2.45, 2.75) is 19.8 Å². The van der Waals surface area contributed by atoms with Crippen LogP contribution in [0.25, 0.3) is 5.76 Å². The van der Waals surface area contributed by atoms with E-state index in [9.17, 15) is 19.1 Å². The lowest BCUT2D eigenvalue weighted by molar-refractivity contribution is -0.114. The number of aromatic nitrogens is 2. The highest BCUT2D eigenvalue weighted by molar-refractivity contribution is 7.18. The predicted octanol–water partition coefficient (Wildman–Crippen LogP) is 2.73. The molecule has 8 heteroatoms. The molecular weight excluding hydrogens is 321 g/mol. The van der Waals surface area contributed by atoms with E-state index >= 15 is 0 Å². The van der Waals surface area contributed by atoms with Crippen molar-refractivity contribution in [3.8, 4) is 0 Å². The smallest absolute Gasteiger partial charge is 0.223 e. The van der Waals surface area contributed by atoms with Crippen LogP contribution in [0.15, 0.2) is 23.9 Å². The maximum absolute atomic E-state index is 12.9. The molecule has 0 radical (unpaired) electrons. The van der Waals surface area contributed by atoms with Crippen LogP contribution in [0.1, 0.15) is 34.3 Å². The average molecular weight is 333 g/mol. The zero-order valence-electron chi connectivity index (χ0n) is 12.1. The molecule has 0 unspecified atom stereocenters. The minimum atomic E-state index is -0.661. The van der Waals surface area contributed by atoms with E-state index in [1.165, 1.54) is 19.2 Å². The molecule has 118 valence electrons. The highest BCUT2D eigenvalue weighted by Gasteiger charge is 2.29. The van der Waals surface area contributed by atoms with E-state index < -0.39 is 5.95 Å². The zero-order valence-corrected chi connectivity index (χ0v) is 12.9. The molecule has 2 heterocycles. The molecule has 0 saturated carbocycles. The van der Waals surface area contributed by atoms with Gasteiger partial charge in [0.05, 0.1) is 5.69 Å². The number of rotatable bonds is 2. The number of ketones is 1. The van der Waals surface area contributed by atoms with Gasteiger partial charge in [0, 0.05) is 24.3 Å². The number of amides is 1. The lowest BCUT2D eigenvalue weighted by Gasteiger charge is -2.14. The van der Waals surface area contributed by atoms with Crippen LogP contribution >= 0.6 is 11.3 Å². The number of pyridine rings is 1. The lowest BCUT2D eigenvalue weighted by Crippen LogP contribution is -2.14. The molecule has 2 aromatic heterocycles. The summed E-state index contributed by atoms with van der Waals surface area (Å²) in [6.45, 7) is 1.36. The van der Waals surface area contributed by atoms with Crippen molar-refractivity contribution in [1.82, 2.24) is 9.97 Å². The molecule has 1 aliphatic rings. The summed E-state index contributed by atoms with van der Waals surface area (Å²) >= 11 is 1.08. The lowest BCUT2D eigenvalue weighted by atomic mass is 9.93. The molecule has 0 aromatic carbocycles. The number of thiazole rings is 1. The largest absolute Gasteiger partial charge is 0.507 e. The van der Waals surface area contributed by atoms with Gasteiger partial charge in [-0.2, -0.15) is 4.39 Å². The molecule has 0 atom stereocenters. The second kappa shape index (κ2) is 5.88. The summed E-state index contributed by atoms with van der Waals surface area (Å²) in [5.41, 5.74) is 1.13. The highest BCUT2D eigenvalue weighted by atomic mass is 32.1. The van der Waals surface area contributed by atoms with Crippen molar-refractivity contribution in [1.29, 1.82) is 0 Å². The fourth-order valence-electron chi connectivity index (χ4n) is 2.31. The zero-order chi connectivity index (χ0) is 16.6. The monoisotopic (exact) mass is 333 g/mol. The van der Waals surface area contributed by atoms with Crippen LogP contribution in [0.2, 0.25) is 0 Å². The quantitative estimate of drug-likeness (QED) is 0.501. The summed E-state index contributed by atoms with van der Waals surface area (Å²) in [6.07, 6.45) is 1.97. The van der Waals surface area contributed by atoms with Crippen LogP contribution in [0, 0.1) is 5.95 Å². The second-order valence-electron chi connectivity index (χ2n) is 5.00. The van der Waals surface area contributed by atoms with Crippen molar-refractivity contribution >= 4 is 33.9 Å². The minimum Gasteiger partial charge on any atom is -0.507 e. The van der Waals surface area contributed by atoms with Gasteiger partial charge in [-0.1, -0.05) is 11.3 Å². The number of aliphatic hydroxyl groups excluding tert-OH is 1. The Morgan fingerprint density at radius 3 is 2.83 bits per heavy atom. The Kier molecular flexibility index (Phi) is 3.91. The van der Waals surface area contributed by atoms with Gasteiger partial charge >= 0.3 is 0 Å². The Morgan fingerprint density at radius 2 is 2.17 bits per heavy atom. The van der Waals surface area contributed by atoms with E-state index in [1.54, 1.807) is 0 Å². The molecule has 6 nitrogen and oxygen atoms in total. The molecule has 2 aromatic rings. The summed E-state index contributed by atoms with van der Waals surface area (Å²) in [5.74, 6) is -1.46. The Balaban J connectivity index is 1.96. The first-order valence-electron chi connectivity index (χ1n) is 6.81. The van der Waals surface area contributed by atoms with Gasteiger partial charge in [-0.05, 0) is 25.0 Å².